The molecular weight excluding hydrogens is 144 g/mol. The number of rotatable bonds is 5. The number of unbranched alkanes of at least 4 members (excludes halogenated alkanes) is 3. The molecule has 1 amide bonds. The van der Waals surface area contributed by atoms with E-state index >= 15 is 0 Å². The Bertz CT molecular complexity index is 117. The topological polar surface area (TPSA) is 66.6 Å². The van der Waals surface area contributed by atoms with Crippen molar-refractivity contribution in [1.82, 2.24) is 5.01 Å². The molecular formula is C7H16N2O2. The second-order valence-electron chi connectivity index (χ2n) is 2.54. The van der Waals surface area contributed by atoms with Gasteiger partial charge in [-0.3, -0.25) is 0 Å². The summed E-state index contributed by atoms with van der Waals surface area (Å²) in [5.74, 6) is 5.13. The number of nitrogens with two attached hydrogens (primary N) is 1. The molecule has 11 heavy (non-hydrogen) atoms. The number of hydrazine groups is 1. The Kier molecular flexibility index (Phi) is 5.56. The van der Waals surface area contributed by atoms with Crippen molar-refractivity contribution >= 4 is 6.09 Å². The van der Waals surface area contributed by atoms with Crippen LogP contribution in [0.15, 0.2) is 0 Å². The summed E-state index contributed by atoms with van der Waals surface area (Å²) < 4.78 is 0. The molecule has 0 aromatic heterocycles. The van der Waals surface area contributed by atoms with E-state index in [1.54, 1.807) is 0 Å². The highest BCUT2D eigenvalue weighted by molar-refractivity contribution is 5.63. The van der Waals surface area contributed by atoms with Crippen LogP contribution in [0.3, 0.4) is 0 Å². The Hall–Kier alpha value is -0.770. The average molecular weight is 160 g/mol. The first-order chi connectivity index (χ1) is 5.18. The molecule has 0 aromatic carbocycles. The molecule has 0 saturated heterocycles. The highest BCUT2D eigenvalue weighted by atomic mass is 16.4. The van der Waals surface area contributed by atoms with E-state index in [4.69, 9.17) is 10.9 Å². The molecule has 66 valence electrons. The van der Waals surface area contributed by atoms with Crippen molar-refractivity contribution in [1.29, 1.82) is 0 Å². The molecule has 0 aliphatic rings. The average Bonchev–Trinajstić information content (AvgIpc) is 1.97. The smallest absolute Gasteiger partial charge is 0.421 e. The lowest BCUT2D eigenvalue weighted by molar-refractivity contribution is 0.145. The van der Waals surface area contributed by atoms with Gasteiger partial charge in [-0.1, -0.05) is 26.2 Å². The van der Waals surface area contributed by atoms with Crippen LogP contribution in [0, 0.1) is 0 Å². The van der Waals surface area contributed by atoms with Crippen LogP contribution in [0.5, 0.6) is 0 Å². The maximum atomic E-state index is 10.2. The third-order valence-electron chi connectivity index (χ3n) is 1.50. The van der Waals surface area contributed by atoms with Crippen molar-refractivity contribution < 1.29 is 9.90 Å². The lowest BCUT2D eigenvalue weighted by atomic mass is 10.2. The van der Waals surface area contributed by atoms with Gasteiger partial charge in [0.05, 0.1) is 0 Å². The number of amides is 1. The number of carboxylic acid groups (broad SMARTS) is 1. The van der Waals surface area contributed by atoms with Gasteiger partial charge >= 0.3 is 6.09 Å². The summed E-state index contributed by atoms with van der Waals surface area (Å²) >= 11 is 0. The minimum absolute atomic E-state index is 0.440. The van der Waals surface area contributed by atoms with Gasteiger partial charge in [0.25, 0.3) is 0 Å². The van der Waals surface area contributed by atoms with Crippen molar-refractivity contribution in [3.8, 4) is 0 Å². The third kappa shape index (κ3) is 5.66. The van der Waals surface area contributed by atoms with Crippen molar-refractivity contribution in [2.24, 2.45) is 5.84 Å². The zero-order chi connectivity index (χ0) is 8.69. The van der Waals surface area contributed by atoms with Gasteiger partial charge < -0.3 is 5.11 Å². The molecule has 0 heterocycles. The van der Waals surface area contributed by atoms with Gasteiger partial charge in [-0.2, -0.15) is 0 Å². The lowest BCUT2D eigenvalue weighted by Gasteiger charge is -2.10. The van der Waals surface area contributed by atoms with E-state index in [0.717, 1.165) is 30.7 Å². The van der Waals surface area contributed by atoms with E-state index in [-0.39, 0.29) is 0 Å². The number of nitrogens with zero attached hydrogens (tertiary/aromatic N) is 1. The summed E-state index contributed by atoms with van der Waals surface area (Å²) in [7, 11) is 0. The van der Waals surface area contributed by atoms with Crippen molar-refractivity contribution in [2.45, 2.75) is 32.6 Å². The molecule has 3 N–H and O–H groups in total. The lowest BCUT2D eigenvalue weighted by Crippen LogP contribution is -2.36. The van der Waals surface area contributed by atoms with E-state index in [9.17, 15) is 4.79 Å². The number of carbonyl (C=O) groups is 1. The predicted octanol–water partition coefficient (Wildman–Crippen LogP) is 1.42. The second-order valence-corrected chi connectivity index (χ2v) is 2.54. The SMILES string of the molecule is CCCCCCN(N)C(=O)O. The molecule has 4 nitrogen and oxygen atoms in total. The van der Waals surface area contributed by atoms with Crippen LogP contribution in [0.1, 0.15) is 32.6 Å². The molecule has 0 aromatic rings. The van der Waals surface area contributed by atoms with E-state index in [2.05, 4.69) is 6.92 Å². The number of hydrogen-bond acceptors (Lipinski definition) is 2. The maximum absolute atomic E-state index is 10.2. The van der Waals surface area contributed by atoms with E-state index in [1.807, 2.05) is 0 Å². The molecule has 0 fully saturated rings. The fourth-order valence-electron chi connectivity index (χ4n) is 0.805. The molecule has 0 spiro atoms. The normalized spacial score (nSPS) is 9.64. The molecule has 0 bridgehead atoms. The van der Waals surface area contributed by atoms with Crippen molar-refractivity contribution in [3.63, 3.8) is 0 Å². The summed E-state index contributed by atoms with van der Waals surface area (Å²) in [5, 5.41) is 9.17. The summed E-state index contributed by atoms with van der Waals surface area (Å²) in [6, 6.07) is 0. The fourth-order valence-corrected chi connectivity index (χ4v) is 0.805. The van der Waals surface area contributed by atoms with Crippen LogP contribution in [0.25, 0.3) is 0 Å². The molecule has 0 atom stereocenters. The third-order valence-corrected chi connectivity index (χ3v) is 1.50. The van der Waals surface area contributed by atoms with Gasteiger partial charge in [0.1, 0.15) is 0 Å². The van der Waals surface area contributed by atoms with E-state index in [0.29, 0.717) is 6.54 Å². The minimum Gasteiger partial charge on any atom is -0.464 e. The predicted molar refractivity (Wildman–Crippen MR) is 43.1 cm³/mol. The van der Waals surface area contributed by atoms with Gasteiger partial charge in [-0.25, -0.2) is 15.6 Å². The Labute approximate surface area is 67.0 Å². The van der Waals surface area contributed by atoms with E-state index < -0.39 is 6.09 Å². The first kappa shape index (κ1) is 10.2. The molecule has 0 unspecified atom stereocenters. The summed E-state index contributed by atoms with van der Waals surface area (Å²) in [5.41, 5.74) is 0. The summed E-state index contributed by atoms with van der Waals surface area (Å²) in [6.45, 7) is 2.55. The first-order valence-electron chi connectivity index (χ1n) is 3.93. The molecule has 0 aliphatic heterocycles. The van der Waals surface area contributed by atoms with Gasteiger partial charge in [-0.05, 0) is 6.42 Å². The van der Waals surface area contributed by atoms with Crippen molar-refractivity contribution in [2.75, 3.05) is 6.54 Å². The molecule has 0 saturated carbocycles. The van der Waals surface area contributed by atoms with Gasteiger partial charge in [0.15, 0.2) is 0 Å². The fraction of sp³-hybridized carbons (Fsp3) is 0.857. The maximum Gasteiger partial charge on any atom is 0.421 e. The zero-order valence-corrected chi connectivity index (χ0v) is 6.92. The second kappa shape index (κ2) is 5.97. The monoisotopic (exact) mass is 160 g/mol. The van der Waals surface area contributed by atoms with Crippen molar-refractivity contribution in [3.05, 3.63) is 0 Å². The van der Waals surface area contributed by atoms with Crippen LogP contribution < -0.4 is 5.84 Å². The largest absolute Gasteiger partial charge is 0.464 e. The highest BCUT2D eigenvalue weighted by Gasteiger charge is 2.03. The van der Waals surface area contributed by atoms with Crippen LogP contribution in [-0.4, -0.2) is 22.8 Å². The van der Waals surface area contributed by atoms with Crippen LogP contribution in [0.2, 0.25) is 0 Å². The van der Waals surface area contributed by atoms with E-state index in [1.165, 1.54) is 0 Å². The zero-order valence-electron chi connectivity index (χ0n) is 6.92. The summed E-state index contributed by atoms with van der Waals surface area (Å²) in [6.07, 6.45) is 3.15. The quantitative estimate of drug-likeness (QED) is 0.276. The Morgan fingerprint density at radius 2 is 2.09 bits per heavy atom. The molecule has 4 heteroatoms. The van der Waals surface area contributed by atoms with Gasteiger partial charge in [-0.15, -0.1) is 0 Å². The molecule has 0 rings (SSSR count). The Balaban J connectivity index is 3.17. The van der Waals surface area contributed by atoms with Crippen LogP contribution in [-0.2, 0) is 0 Å². The molecule has 0 aliphatic carbocycles. The summed E-state index contributed by atoms with van der Waals surface area (Å²) in [4.78, 5) is 10.2. The first-order valence-corrected chi connectivity index (χ1v) is 3.93. The van der Waals surface area contributed by atoms with Gasteiger partial charge in [0, 0.05) is 6.54 Å². The number of hydrogen-bond donors (Lipinski definition) is 2. The van der Waals surface area contributed by atoms with Crippen LogP contribution >= 0.6 is 0 Å². The minimum atomic E-state index is -1.05. The highest BCUT2D eigenvalue weighted by Crippen LogP contribution is 1.98. The standard InChI is InChI=1S/C7H16N2O2/c1-2-3-4-5-6-9(8)7(10)11/h2-6,8H2,1H3,(H,10,11). The van der Waals surface area contributed by atoms with Gasteiger partial charge in [0.2, 0.25) is 0 Å². The van der Waals surface area contributed by atoms with Crippen LogP contribution in [0.4, 0.5) is 4.79 Å². The Morgan fingerprint density at radius 1 is 1.45 bits per heavy atom. The Morgan fingerprint density at radius 3 is 2.55 bits per heavy atom. The molecule has 0 radical (unpaired) electrons.